The molecule has 0 unspecified atom stereocenters. The van der Waals surface area contributed by atoms with Gasteiger partial charge in [0.25, 0.3) is 0 Å². The Labute approximate surface area is 114 Å². The fourth-order valence-corrected chi connectivity index (χ4v) is 2.35. The number of hydrogen-bond acceptors (Lipinski definition) is 3. The number of nitrogens with zero attached hydrogens (tertiary/aromatic N) is 1. The number of hydrogen-bond donors (Lipinski definition) is 0. The van der Waals surface area contributed by atoms with Gasteiger partial charge in [0.15, 0.2) is 12.4 Å². The summed E-state index contributed by atoms with van der Waals surface area (Å²) in [6, 6.07) is 2.05. The second kappa shape index (κ2) is 3.96. The molecule has 19 heavy (non-hydrogen) atoms. The number of pyridine rings is 1. The summed E-state index contributed by atoms with van der Waals surface area (Å²) in [6.07, 6.45) is 5.56. The van der Waals surface area contributed by atoms with Gasteiger partial charge in [0, 0.05) is 11.0 Å². The molecule has 0 spiro atoms. The lowest BCUT2D eigenvalue weighted by Gasteiger charge is -2.32. The Morgan fingerprint density at radius 3 is 2.26 bits per heavy atom. The standard InChI is InChI=1S/C14H20BNO3/c1-13(2)14(3,4)19-15(18-13)12-7-11(10-5-6-10)8-16(17)9-12/h7-10H,5-6H2,1-4H3. The van der Waals surface area contributed by atoms with Crippen LogP contribution in [0, 0.1) is 5.21 Å². The molecule has 2 aliphatic rings. The summed E-state index contributed by atoms with van der Waals surface area (Å²) >= 11 is 0. The zero-order chi connectivity index (χ0) is 13.8. The first-order valence-electron chi connectivity index (χ1n) is 6.88. The molecule has 1 aliphatic heterocycles. The van der Waals surface area contributed by atoms with Crippen LogP contribution >= 0.6 is 0 Å². The lowest BCUT2D eigenvalue weighted by atomic mass is 9.79. The molecule has 1 aromatic rings. The summed E-state index contributed by atoms with van der Waals surface area (Å²) in [5.74, 6) is 0.544. The van der Waals surface area contributed by atoms with E-state index in [-0.39, 0.29) is 11.2 Å². The van der Waals surface area contributed by atoms with Crippen molar-refractivity contribution >= 4 is 12.6 Å². The summed E-state index contributed by atoms with van der Waals surface area (Å²) < 4.78 is 12.8. The smallest absolute Gasteiger partial charge is 0.501 e. The molecule has 0 atom stereocenters. The molecule has 0 aromatic carbocycles. The van der Waals surface area contributed by atoms with Crippen LogP contribution < -0.4 is 10.2 Å². The highest BCUT2D eigenvalue weighted by Gasteiger charge is 2.52. The maximum Gasteiger partial charge on any atom is 0.501 e. The highest BCUT2D eigenvalue weighted by atomic mass is 16.7. The maximum absolute atomic E-state index is 11.7. The van der Waals surface area contributed by atoms with Crippen LogP contribution in [0.25, 0.3) is 0 Å². The zero-order valence-corrected chi connectivity index (χ0v) is 12.0. The highest BCUT2D eigenvalue weighted by molar-refractivity contribution is 6.62. The van der Waals surface area contributed by atoms with E-state index in [9.17, 15) is 5.21 Å². The van der Waals surface area contributed by atoms with Crippen molar-refractivity contribution in [2.24, 2.45) is 0 Å². The van der Waals surface area contributed by atoms with Crippen LogP contribution in [0.15, 0.2) is 18.5 Å². The van der Waals surface area contributed by atoms with Crippen molar-refractivity contribution in [3.63, 3.8) is 0 Å². The van der Waals surface area contributed by atoms with Crippen LogP contribution in [0.3, 0.4) is 0 Å². The van der Waals surface area contributed by atoms with Crippen LogP contribution in [0.4, 0.5) is 0 Å². The largest absolute Gasteiger partial charge is 0.619 e. The Morgan fingerprint density at radius 2 is 1.74 bits per heavy atom. The van der Waals surface area contributed by atoms with Gasteiger partial charge in [-0.15, -0.1) is 0 Å². The van der Waals surface area contributed by atoms with Gasteiger partial charge in [-0.2, -0.15) is 4.73 Å². The average molecular weight is 261 g/mol. The molecule has 3 rings (SSSR count). The second-order valence-corrected chi connectivity index (χ2v) is 6.62. The van der Waals surface area contributed by atoms with Gasteiger partial charge in [0.1, 0.15) is 0 Å². The molecule has 1 aromatic heterocycles. The third-order valence-electron chi connectivity index (χ3n) is 4.46. The second-order valence-electron chi connectivity index (χ2n) is 6.62. The molecule has 0 amide bonds. The monoisotopic (exact) mass is 261 g/mol. The normalized spacial score (nSPS) is 24.7. The molecule has 2 fully saturated rings. The Bertz CT molecular complexity index is 495. The van der Waals surface area contributed by atoms with E-state index in [4.69, 9.17) is 9.31 Å². The van der Waals surface area contributed by atoms with Gasteiger partial charge in [-0.3, -0.25) is 0 Å². The third kappa shape index (κ3) is 2.25. The molecule has 0 bridgehead atoms. The fourth-order valence-electron chi connectivity index (χ4n) is 2.35. The van der Waals surface area contributed by atoms with Gasteiger partial charge in [-0.1, -0.05) is 0 Å². The number of rotatable bonds is 2. The number of aromatic nitrogens is 1. The molecule has 0 radical (unpaired) electrons. The lowest BCUT2D eigenvalue weighted by molar-refractivity contribution is -0.605. The quantitative estimate of drug-likeness (QED) is 0.460. The van der Waals surface area contributed by atoms with E-state index in [2.05, 4.69) is 0 Å². The fraction of sp³-hybridized carbons (Fsp3) is 0.643. The first-order valence-corrected chi connectivity index (χ1v) is 6.88. The van der Waals surface area contributed by atoms with Gasteiger partial charge < -0.3 is 14.5 Å². The topological polar surface area (TPSA) is 45.4 Å². The van der Waals surface area contributed by atoms with Crippen molar-refractivity contribution in [3.05, 3.63) is 29.2 Å². The molecule has 102 valence electrons. The summed E-state index contributed by atoms with van der Waals surface area (Å²) in [6.45, 7) is 8.07. The van der Waals surface area contributed by atoms with Gasteiger partial charge in [-0.05, 0) is 52.5 Å². The van der Waals surface area contributed by atoms with Crippen LogP contribution in [-0.4, -0.2) is 18.3 Å². The van der Waals surface area contributed by atoms with E-state index < -0.39 is 7.12 Å². The molecule has 4 nitrogen and oxygen atoms in total. The van der Waals surface area contributed by atoms with Gasteiger partial charge in [0.05, 0.1) is 11.2 Å². The van der Waals surface area contributed by atoms with Crippen molar-refractivity contribution in [2.75, 3.05) is 0 Å². The summed E-state index contributed by atoms with van der Waals surface area (Å²) in [5, 5.41) is 11.7. The van der Waals surface area contributed by atoms with E-state index in [1.165, 1.54) is 12.8 Å². The highest BCUT2D eigenvalue weighted by Crippen LogP contribution is 2.40. The van der Waals surface area contributed by atoms with E-state index in [0.29, 0.717) is 5.92 Å². The summed E-state index contributed by atoms with van der Waals surface area (Å²) in [5.41, 5.74) is 1.17. The Kier molecular flexibility index (Phi) is 2.70. The Hall–Kier alpha value is -1.07. The predicted molar refractivity (Wildman–Crippen MR) is 73.1 cm³/mol. The third-order valence-corrected chi connectivity index (χ3v) is 4.46. The zero-order valence-electron chi connectivity index (χ0n) is 12.0. The van der Waals surface area contributed by atoms with Crippen LogP contribution in [0.5, 0.6) is 0 Å². The molecule has 1 saturated heterocycles. The molecule has 5 heteroatoms. The first kappa shape index (κ1) is 12.9. The molecule has 1 saturated carbocycles. The van der Waals surface area contributed by atoms with Crippen molar-refractivity contribution < 1.29 is 14.0 Å². The predicted octanol–water partition coefficient (Wildman–Crippen LogP) is 1.50. The first-order chi connectivity index (χ1) is 8.78. The van der Waals surface area contributed by atoms with Crippen molar-refractivity contribution in [2.45, 2.75) is 57.7 Å². The van der Waals surface area contributed by atoms with E-state index in [0.717, 1.165) is 15.8 Å². The average Bonchev–Trinajstić information content (AvgIpc) is 3.06. The van der Waals surface area contributed by atoms with E-state index in [1.807, 2.05) is 33.8 Å². The molecular formula is C14H20BNO3. The Morgan fingerprint density at radius 1 is 1.16 bits per heavy atom. The van der Waals surface area contributed by atoms with Crippen molar-refractivity contribution in [3.8, 4) is 0 Å². The van der Waals surface area contributed by atoms with Crippen LogP contribution in [-0.2, 0) is 9.31 Å². The minimum absolute atomic E-state index is 0.374. The van der Waals surface area contributed by atoms with Crippen LogP contribution in [0.1, 0.15) is 52.0 Å². The van der Waals surface area contributed by atoms with Gasteiger partial charge >= 0.3 is 7.12 Å². The van der Waals surface area contributed by atoms with Crippen molar-refractivity contribution in [1.29, 1.82) is 0 Å². The van der Waals surface area contributed by atoms with E-state index >= 15 is 0 Å². The molecule has 2 heterocycles. The molecule has 0 N–H and O–H groups in total. The minimum Gasteiger partial charge on any atom is -0.619 e. The van der Waals surface area contributed by atoms with E-state index in [1.54, 1.807) is 12.4 Å². The van der Waals surface area contributed by atoms with Crippen LogP contribution in [0.2, 0.25) is 0 Å². The van der Waals surface area contributed by atoms with Gasteiger partial charge in [-0.25, -0.2) is 0 Å². The summed E-state index contributed by atoms with van der Waals surface area (Å²) in [4.78, 5) is 0. The minimum atomic E-state index is -0.455. The van der Waals surface area contributed by atoms with Crippen molar-refractivity contribution in [1.82, 2.24) is 0 Å². The summed E-state index contributed by atoms with van der Waals surface area (Å²) in [7, 11) is -0.455. The Balaban J connectivity index is 1.91. The lowest BCUT2D eigenvalue weighted by Crippen LogP contribution is -2.41. The molecular weight excluding hydrogens is 241 g/mol. The maximum atomic E-state index is 11.7. The molecule has 1 aliphatic carbocycles. The van der Waals surface area contributed by atoms with Gasteiger partial charge in [0.2, 0.25) is 0 Å². The SMILES string of the molecule is CC1(C)OB(c2cc(C3CC3)c[n+]([O-])c2)OC1(C)C.